The molecule has 1 N–H and O–H groups in total. The topological polar surface area (TPSA) is 96.0 Å². The third kappa shape index (κ3) is 3.28. The lowest BCUT2D eigenvalue weighted by Crippen LogP contribution is -2.38. The molecule has 1 rings (SSSR count). The molecule has 0 heterocycles. The van der Waals surface area contributed by atoms with Gasteiger partial charge < -0.3 is 5.32 Å². The Morgan fingerprint density at radius 1 is 1.47 bits per heavy atom. The summed E-state index contributed by atoms with van der Waals surface area (Å²) in [7, 11) is 0. The Morgan fingerprint density at radius 3 is 2.58 bits per heavy atom. The molecule has 1 amide bonds. The molecule has 1 atom stereocenters. The minimum Gasteiger partial charge on any atom is -0.336 e. The molecule has 0 radical (unpaired) electrons. The van der Waals surface area contributed by atoms with Gasteiger partial charge in [-0.05, 0) is 18.4 Å². The second kappa shape index (κ2) is 5.96. The average Bonchev–Trinajstić information content (AvgIpc) is 2.34. The largest absolute Gasteiger partial charge is 0.336 e. The van der Waals surface area contributed by atoms with Crippen LogP contribution in [0.1, 0.15) is 29.8 Å². The van der Waals surface area contributed by atoms with Gasteiger partial charge in [0.1, 0.15) is 11.6 Å². The van der Waals surface area contributed by atoms with E-state index in [4.69, 9.17) is 5.26 Å². The van der Waals surface area contributed by atoms with Gasteiger partial charge in [-0.25, -0.2) is 0 Å². The highest BCUT2D eigenvalue weighted by Gasteiger charge is 2.25. The molecule has 0 saturated carbocycles. The molecule has 0 bridgehead atoms. The van der Waals surface area contributed by atoms with Gasteiger partial charge in [-0.1, -0.05) is 26.0 Å². The smallest absolute Gasteiger partial charge is 0.282 e. The molecular formula is C13H15N3O3. The Hall–Kier alpha value is -2.42. The molecule has 0 fully saturated rings. The zero-order chi connectivity index (χ0) is 14.6. The van der Waals surface area contributed by atoms with Crippen LogP contribution in [-0.2, 0) is 0 Å². The summed E-state index contributed by atoms with van der Waals surface area (Å²) in [5.74, 6) is -0.665. The predicted molar refractivity (Wildman–Crippen MR) is 69.5 cm³/mol. The Labute approximate surface area is 111 Å². The molecule has 6 nitrogen and oxygen atoms in total. The lowest BCUT2D eigenvalue weighted by atomic mass is 10.0. The van der Waals surface area contributed by atoms with Crippen LogP contribution in [0.15, 0.2) is 18.2 Å². The van der Waals surface area contributed by atoms with Crippen LogP contribution in [0.2, 0.25) is 0 Å². The third-order valence-electron chi connectivity index (χ3n) is 2.77. The van der Waals surface area contributed by atoms with Gasteiger partial charge in [0, 0.05) is 6.07 Å². The molecule has 1 unspecified atom stereocenters. The maximum atomic E-state index is 12.1. The second-order valence-corrected chi connectivity index (χ2v) is 4.55. The Morgan fingerprint density at radius 2 is 2.11 bits per heavy atom. The minimum atomic E-state index is -0.674. The molecule has 0 aliphatic rings. The number of amides is 1. The van der Waals surface area contributed by atoms with Crippen molar-refractivity contribution in [3.63, 3.8) is 0 Å². The number of nitrogens with one attached hydrogen (secondary N) is 1. The van der Waals surface area contributed by atoms with Crippen molar-refractivity contribution in [3.8, 4) is 6.07 Å². The van der Waals surface area contributed by atoms with E-state index in [1.165, 1.54) is 12.1 Å². The zero-order valence-corrected chi connectivity index (χ0v) is 11.0. The molecule has 1 aromatic carbocycles. The van der Waals surface area contributed by atoms with Crippen LogP contribution >= 0.6 is 0 Å². The van der Waals surface area contributed by atoms with Crippen LogP contribution in [0.3, 0.4) is 0 Å². The third-order valence-corrected chi connectivity index (χ3v) is 2.77. The van der Waals surface area contributed by atoms with Crippen molar-refractivity contribution in [3.05, 3.63) is 39.4 Å². The zero-order valence-electron chi connectivity index (χ0n) is 11.0. The molecule has 0 aliphatic carbocycles. The van der Waals surface area contributed by atoms with Crippen LogP contribution in [0, 0.1) is 34.3 Å². The second-order valence-electron chi connectivity index (χ2n) is 4.55. The number of carbonyl (C=O) groups excluding carboxylic acids is 1. The summed E-state index contributed by atoms with van der Waals surface area (Å²) < 4.78 is 0. The maximum absolute atomic E-state index is 12.1. The van der Waals surface area contributed by atoms with E-state index in [1.54, 1.807) is 26.8 Å². The van der Waals surface area contributed by atoms with Crippen molar-refractivity contribution in [2.45, 2.75) is 26.8 Å². The summed E-state index contributed by atoms with van der Waals surface area (Å²) in [6, 6.07) is 5.72. The van der Waals surface area contributed by atoms with Crippen LogP contribution in [0.25, 0.3) is 0 Å². The molecule has 0 spiro atoms. The minimum absolute atomic E-state index is 0.00778. The van der Waals surface area contributed by atoms with E-state index in [2.05, 4.69) is 5.32 Å². The van der Waals surface area contributed by atoms with E-state index >= 15 is 0 Å². The Kier molecular flexibility index (Phi) is 4.59. The van der Waals surface area contributed by atoms with Crippen LogP contribution in [0.4, 0.5) is 5.69 Å². The number of aryl methyl sites for hydroxylation is 1. The number of carbonyl (C=O) groups is 1. The van der Waals surface area contributed by atoms with E-state index in [-0.39, 0.29) is 17.2 Å². The number of nitrogens with zero attached hydrogens (tertiary/aromatic N) is 2. The first kappa shape index (κ1) is 14.6. The van der Waals surface area contributed by atoms with E-state index in [0.29, 0.717) is 5.56 Å². The number of rotatable bonds is 4. The quantitative estimate of drug-likeness (QED) is 0.663. The van der Waals surface area contributed by atoms with Crippen molar-refractivity contribution in [2.24, 2.45) is 5.92 Å². The average molecular weight is 261 g/mol. The molecule has 0 aliphatic heterocycles. The van der Waals surface area contributed by atoms with E-state index < -0.39 is 16.9 Å². The molecule has 0 aromatic heterocycles. The first-order valence-electron chi connectivity index (χ1n) is 5.83. The van der Waals surface area contributed by atoms with Gasteiger partial charge in [0.05, 0.1) is 11.0 Å². The van der Waals surface area contributed by atoms with Crippen molar-refractivity contribution >= 4 is 11.6 Å². The normalized spacial score (nSPS) is 11.7. The predicted octanol–water partition coefficient (Wildman–Crippen LogP) is 2.18. The number of nitriles is 1. The lowest BCUT2D eigenvalue weighted by Gasteiger charge is -2.15. The van der Waals surface area contributed by atoms with Gasteiger partial charge in [0.25, 0.3) is 11.6 Å². The van der Waals surface area contributed by atoms with E-state index in [9.17, 15) is 14.9 Å². The Bertz CT molecular complexity index is 547. The standard InChI is InChI=1S/C13H15N3O3/c1-8(2)10(7-14)15-13(17)12-9(3)5-4-6-11(12)16(18)19/h4-6,8,10H,1-3H3,(H,15,17). The highest BCUT2D eigenvalue weighted by atomic mass is 16.6. The first-order valence-corrected chi connectivity index (χ1v) is 5.83. The van der Waals surface area contributed by atoms with Crippen LogP contribution < -0.4 is 5.32 Å². The van der Waals surface area contributed by atoms with Gasteiger partial charge in [-0.2, -0.15) is 5.26 Å². The van der Waals surface area contributed by atoms with Gasteiger partial charge in [-0.15, -0.1) is 0 Å². The highest BCUT2D eigenvalue weighted by Crippen LogP contribution is 2.22. The van der Waals surface area contributed by atoms with Gasteiger partial charge in [0.2, 0.25) is 0 Å². The van der Waals surface area contributed by atoms with E-state index in [0.717, 1.165) is 0 Å². The number of nitro benzene ring substituents is 1. The molecule has 0 saturated heterocycles. The SMILES string of the molecule is Cc1cccc([N+](=O)[O-])c1C(=O)NC(C#N)C(C)C. The summed E-state index contributed by atoms with van der Waals surface area (Å²) in [5, 5.41) is 22.4. The maximum Gasteiger partial charge on any atom is 0.282 e. The monoisotopic (exact) mass is 261 g/mol. The summed E-state index contributed by atoms with van der Waals surface area (Å²) >= 11 is 0. The number of nitro groups is 1. The van der Waals surface area contributed by atoms with Gasteiger partial charge >= 0.3 is 0 Å². The summed E-state index contributed by atoms with van der Waals surface area (Å²) in [6.07, 6.45) is 0. The number of hydrogen-bond donors (Lipinski definition) is 1. The molecule has 19 heavy (non-hydrogen) atoms. The van der Waals surface area contributed by atoms with Gasteiger partial charge in [-0.3, -0.25) is 14.9 Å². The van der Waals surface area contributed by atoms with Crippen molar-refractivity contribution in [2.75, 3.05) is 0 Å². The Balaban J connectivity index is 3.13. The van der Waals surface area contributed by atoms with Crippen molar-refractivity contribution in [1.29, 1.82) is 5.26 Å². The fourth-order valence-electron chi connectivity index (χ4n) is 1.66. The molecule has 100 valence electrons. The van der Waals surface area contributed by atoms with Gasteiger partial charge in [0.15, 0.2) is 0 Å². The molecule has 6 heteroatoms. The lowest BCUT2D eigenvalue weighted by molar-refractivity contribution is -0.385. The van der Waals surface area contributed by atoms with Crippen LogP contribution in [0.5, 0.6) is 0 Å². The molecular weight excluding hydrogens is 246 g/mol. The fraction of sp³-hybridized carbons (Fsp3) is 0.385. The highest BCUT2D eigenvalue weighted by molar-refractivity contribution is 5.99. The fourth-order valence-corrected chi connectivity index (χ4v) is 1.66. The van der Waals surface area contributed by atoms with E-state index in [1.807, 2.05) is 6.07 Å². The van der Waals surface area contributed by atoms with Crippen LogP contribution in [-0.4, -0.2) is 16.9 Å². The summed E-state index contributed by atoms with van der Waals surface area (Å²) in [6.45, 7) is 5.21. The first-order chi connectivity index (χ1) is 8.88. The van der Waals surface area contributed by atoms with Crippen molar-refractivity contribution in [1.82, 2.24) is 5.32 Å². The van der Waals surface area contributed by atoms with Crippen molar-refractivity contribution < 1.29 is 9.72 Å². The summed E-state index contributed by atoms with van der Waals surface area (Å²) in [5.41, 5.74) is 0.262. The number of benzene rings is 1. The summed E-state index contributed by atoms with van der Waals surface area (Å²) in [4.78, 5) is 22.4. The molecule has 1 aromatic rings. The number of hydrogen-bond acceptors (Lipinski definition) is 4.